The van der Waals surface area contributed by atoms with Crippen molar-refractivity contribution in [1.82, 2.24) is 16.0 Å². The molecular weight excluding hydrogens is 526 g/mol. The lowest BCUT2D eigenvalue weighted by Gasteiger charge is -2.25. The average molecular weight is 570 g/mol. The molecule has 2 aromatic rings. The van der Waals surface area contributed by atoms with Gasteiger partial charge in [-0.2, -0.15) is 0 Å². The van der Waals surface area contributed by atoms with Crippen LogP contribution in [0.5, 0.6) is 0 Å². The highest BCUT2D eigenvalue weighted by Crippen LogP contribution is 2.11. The summed E-state index contributed by atoms with van der Waals surface area (Å²) in [6.07, 6.45) is -0.654. The quantitative estimate of drug-likeness (QED) is 0.192. The summed E-state index contributed by atoms with van der Waals surface area (Å²) in [5, 5.41) is 7.99. The Morgan fingerprint density at radius 1 is 0.707 bits per heavy atom. The van der Waals surface area contributed by atoms with Crippen molar-refractivity contribution in [1.29, 1.82) is 0 Å². The van der Waals surface area contributed by atoms with Crippen LogP contribution in [0.25, 0.3) is 0 Å². The number of nitrogens with one attached hydrogen (secondary N) is 3. The van der Waals surface area contributed by atoms with E-state index < -0.39 is 47.3 Å². The van der Waals surface area contributed by atoms with Crippen LogP contribution in [-0.4, -0.2) is 53.9 Å². The van der Waals surface area contributed by atoms with Crippen LogP contribution in [0.3, 0.4) is 0 Å². The number of amides is 3. The van der Waals surface area contributed by atoms with Crippen LogP contribution in [0.2, 0.25) is 0 Å². The number of carbonyl (C=O) groups excluding carboxylic acids is 4. The van der Waals surface area contributed by atoms with E-state index >= 15 is 0 Å². The van der Waals surface area contributed by atoms with Crippen LogP contribution >= 0.6 is 0 Å². The molecule has 0 saturated carbocycles. The zero-order valence-electron chi connectivity index (χ0n) is 24.8. The molecule has 0 radical (unpaired) electrons. The van der Waals surface area contributed by atoms with Gasteiger partial charge in [0.1, 0.15) is 29.9 Å². The van der Waals surface area contributed by atoms with E-state index in [9.17, 15) is 19.2 Å². The molecule has 10 heteroatoms. The predicted octanol–water partition coefficient (Wildman–Crippen LogP) is 4.66. The summed E-state index contributed by atoms with van der Waals surface area (Å²) in [7, 11) is 0. The van der Waals surface area contributed by atoms with Crippen LogP contribution in [0.4, 0.5) is 9.59 Å². The second-order valence-electron chi connectivity index (χ2n) is 11.6. The number of rotatable bonds is 12. The van der Waals surface area contributed by atoms with Crippen molar-refractivity contribution in [3.63, 3.8) is 0 Å². The molecule has 3 amide bonds. The molecule has 3 N–H and O–H groups in total. The molecule has 0 heterocycles. The second kappa shape index (κ2) is 15.6. The van der Waals surface area contributed by atoms with Gasteiger partial charge in [-0.25, -0.2) is 14.4 Å². The molecule has 0 bridgehead atoms. The van der Waals surface area contributed by atoms with Crippen molar-refractivity contribution in [3.8, 4) is 0 Å². The zero-order chi connectivity index (χ0) is 30.5. The second-order valence-corrected chi connectivity index (χ2v) is 11.6. The van der Waals surface area contributed by atoms with Crippen molar-refractivity contribution in [2.24, 2.45) is 0 Å². The maximum absolute atomic E-state index is 13.4. The summed E-state index contributed by atoms with van der Waals surface area (Å²) in [6, 6.07) is 16.4. The van der Waals surface area contributed by atoms with Gasteiger partial charge in [0, 0.05) is 13.0 Å². The van der Waals surface area contributed by atoms with Crippen LogP contribution in [0.1, 0.15) is 65.5 Å². The molecule has 0 aromatic heterocycles. The third-order valence-electron chi connectivity index (χ3n) is 5.45. The normalized spacial score (nSPS) is 12.8. The van der Waals surface area contributed by atoms with Gasteiger partial charge < -0.3 is 30.2 Å². The van der Waals surface area contributed by atoms with Crippen molar-refractivity contribution in [2.45, 2.75) is 90.7 Å². The molecule has 224 valence electrons. The van der Waals surface area contributed by atoms with E-state index in [0.717, 1.165) is 11.1 Å². The minimum atomic E-state index is -1.04. The Labute approximate surface area is 242 Å². The predicted molar refractivity (Wildman–Crippen MR) is 155 cm³/mol. The highest BCUT2D eigenvalue weighted by Gasteiger charge is 2.29. The first-order chi connectivity index (χ1) is 19.2. The van der Waals surface area contributed by atoms with Crippen molar-refractivity contribution < 1.29 is 33.4 Å². The molecule has 0 fully saturated rings. The fourth-order valence-corrected chi connectivity index (χ4v) is 3.67. The van der Waals surface area contributed by atoms with Gasteiger partial charge in [0.25, 0.3) is 0 Å². The van der Waals surface area contributed by atoms with Gasteiger partial charge in [0.15, 0.2) is 0 Å². The van der Waals surface area contributed by atoms with Crippen molar-refractivity contribution >= 4 is 24.1 Å². The van der Waals surface area contributed by atoms with E-state index in [2.05, 4.69) is 16.0 Å². The number of carbonyl (C=O) groups is 4. The Kier molecular flexibility index (Phi) is 12.6. The molecule has 41 heavy (non-hydrogen) atoms. The summed E-state index contributed by atoms with van der Waals surface area (Å²) in [5.74, 6) is -1.18. The van der Waals surface area contributed by atoms with Gasteiger partial charge in [-0.15, -0.1) is 0 Å². The van der Waals surface area contributed by atoms with Gasteiger partial charge in [-0.3, -0.25) is 4.79 Å². The number of hydrogen-bond acceptors (Lipinski definition) is 7. The smallest absolute Gasteiger partial charge is 0.408 e. The van der Waals surface area contributed by atoms with Crippen LogP contribution < -0.4 is 16.0 Å². The first-order valence-electron chi connectivity index (χ1n) is 13.7. The van der Waals surface area contributed by atoms with Gasteiger partial charge >= 0.3 is 18.2 Å². The molecule has 0 saturated heterocycles. The Morgan fingerprint density at radius 2 is 1.24 bits per heavy atom. The SMILES string of the molecule is CC(C)(C)OC(=O)NCCC[C@H](NC(=O)OC(C)(C)C)C(=O)N[C@@H](Cc1ccccc1)C(=O)OCc1ccccc1. The van der Waals surface area contributed by atoms with Crippen molar-refractivity contribution in [3.05, 3.63) is 71.8 Å². The summed E-state index contributed by atoms with van der Waals surface area (Å²) >= 11 is 0. The Balaban J connectivity index is 2.12. The first-order valence-corrected chi connectivity index (χ1v) is 13.7. The van der Waals surface area contributed by atoms with Crippen LogP contribution in [-0.2, 0) is 36.8 Å². The summed E-state index contributed by atoms with van der Waals surface area (Å²) in [5.41, 5.74) is 0.217. The maximum atomic E-state index is 13.4. The molecule has 2 atom stereocenters. The lowest BCUT2D eigenvalue weighted by atomic mass is 10.0. The Morgan fingerprint density at radius 3 is 1.80 bits per heavy atom. The molecule has 0 aliphatic rings. The van der Waals surface area contributed by atoms with Crippen LogP contribution in [0.15, 0.2) is 60.7 Å². The monoisotopic (exact) mass is 569 g/mol. The number of benzene rings is 2. The van der Waals surface area contributed by atoms with E-state index in [-0.39, 0.29) is 26.0 Å². The third-order valence-corrected chi connectivity index (χ3v) is 5.45. The highest BCUT2D eigenvalue weighted by molar-refractivity contribution is 5.89. The molecule has 10 nitrogen and oxygen atoms in total. The van der Waals surface area contributed by atoms with E-state index in [4.69, 9.17) is 14.2 Å². The fraction of sp³-hybridized carbons (Fsp3) is 0.484. The molecule has 0 spiro atoms. The van der Waals surface area contributed by atoms with Gasteiger partial charge in [-0.1, -0.05) is 60.7 Å². The molecule has 0 aliphatic carbocycles. The number of alkyl carbamates (subject to hydrolysis) is 2. The van der Waals surface area contributed by atoms with Gasteiger partial charge in [0.2, 0.25) is 5.91 Å². The van der Waals surface area contributed by atoms with E-state index in [0.29, 0.717) is 6.42 Å². The molecule has 0 unspecified atom stereocenters. The molecule has 2 aromatic carbocycles. The first kappa shape index (κ1) is 33.1. The topological polar surface area (TPSA) is 132 Å². The average Bonchev–Trinajstić information content (AvgIpc) is 2.87. The van der Waals surface area contributed by atoms with Crippen LogP contribution in [0, 0.1) is 0 Å². The summed E-state index contributed by atoms with van der Waals surface area (Å²) < 4.78 is 16.1. The lowest BCUT2D eigenvalue weighted by Crippen LogP contribution is -2.53. The number of hydrogen-bond donors (Lipinski definition) is 3. The minimum absolute atomic E-state index is 0.0523. The summed E-state index contributed by atoms with van der Waals surface area (Å²) in [6.45, 7) is 10.7. The van der Waals surface area contributed by atoms with Gasteiger partial charge in [0.05, 0.1) is 0 Å². The molecule has 0 aliphatic heterocycles. The fourth-order valence-electron chi connectivity index (χ4n) is 3.67. The molecular formula is C31H43N3O7. The lowest BCUT2D eigenvalue weighted by molar-refractivity contribution is -0.149. The van der Waals surface area contributed by atoms with E-state index in [1.807, 2.05) is 60.7 Å². The molecule has 2 rings (SSSR count). The Hall–Kier alpha value is -4.08. The van der Waals surface area contributed by atoms with Gasteiger partial charge in [-0.05, 0) is 65.5 Å². The van der Waals surface area contributed by atoms with Crippen molar-refractivity contribution in [2.75, 3.05) is 6.54 Å². The van der Waals surface area contributed by atoms with E-state index in [1.54, 1.807) is 41.5 Å². The minimum Gasteiger partial charge on any atom is -0.459 e. The third kappa shape index (κ3) is 14.2. The Bertz CT molecular complexity index is 1130. The standard InChI is InChI=1S/C31H43N3O7/c1-30(2,3)40-28(37)32-19-13-18-24(34-29(38)41-31(4,5)6)26(35)33-25(20-22-14-9-7-10-15-22)27(36)39-21-23-16-11-8-12-17-23/h7-12,14-17,24-25H,13,18-21H2,1-6H3,(H,32,37)(H,33,35)(H,34,38)/t24-,25-/m0/s1. The number of ether oxygens (including phenoxy) is 3. The zero-order valence-corrected chi connectivity index (χ0v) is 24.8. The largest absolute Gasteiger partial charge is 0.459 e. The van der Waals surface area contributed by atoms with E-state index in [1.165, 1.54) is 0 Å². The maximum Gasteiger partial charge on any atom is 0.408 e. The summed E-state index contributed by atoms with van der Waals surface area (Å²) in [4.78, 5) is 51.1. The number of esters is 1. The highest BCUT2D eigenvalue weighted by atomic mass is 16.6.